The zero-order valence-electron chi connectivity index (χ0n) is 12.6. The molecule has 20 heavy (non-hydrogen) atoms. The van der Waals surface area contributed by atoms with Crippen LogP contribution in [0.3, 0.4) is 0 Å². The molecule has 0 aromatic rings. The molecule has 0 spiro atoms. The maximum absolute atomic E-state index is 11.9. The molecule has 7 heteroatoms. The van der Waals surface area contributed by atoms with E-state index in [0.29, 0.717) is 25.6 Å². The van der Waals surface area contributed by atoms with Crippen LogP contribution >= 0.6 is 0 Å². The van der Waals surface area contributed by atoms with Crippen molar-refractivity contribution in [3.8, 4) is 0 Å². The van der Waals surface area contributed by atoms with Gasteiger partial charge in [-0.3, -0.25) is 4.79 Å². The second kappa shape index (κ2) is 7.38. The highest BCUT2D eigenvalue weighted by atomic mass is 32.2. The molecule has 1 fully saturated rings. The number of rotatable bonds is 6. The van der Waals surface area contributed by atoms with Crippen LogP contribution in [0, 0.1) is 11.8 Å². The van der Waals surface area contributed by atoms with Crippen LogP contribution in [0.4, 0.5) is 0 Å². The average molecular weight is 305 g/mol. The largest absolute Gasteiger partial charge is 0.354 e. The van der Waals surface area contributed by atoms with E-state index >= 15 is 0 Å². The van der Waals surface area contributed by atoms with Crippen LogP contribution in [0.1, 0.15) is 33.1 Å². The van der Waals surface area contributed by atoms with Crippen LogP contribution in [-0.2, 0) is 14.8 Å². The lowest BCUT2D eigenvalue weighted by Crippen LogP contribution is -2.47. The summed E-state index contributed by atoms with van der Waals surface area (Å²) in [5.74, 6) is 0.396. The zero-order chi connectivity index (χ0) is 15.3. The standard InChI is InChI=1S/C13H27N3O3S/c1-4-10(2)12(14)13(17)15-9-11-5-7-16(8-6-11)20(3,18)19/h10-12H,4-9,14H2,1-3H3,(H,15,17). The van der Waals surface area contributed by atoms with Crippen molar-refractivity contribution in [2.75, 3.05) is 25.9 Å². The van der Waals surface area contributed by atoms with E-state index < -0.39 is 16.1 Å². The van der Waals surface area contributed by atoms with Crippen molar-refractivity contribution in [3.05, 3.63) is 0 Å². The summed E-state index contributed by atoms with van der Waals surface area (Å²) in [5.41, 5.74) is 5.87. The number of hydrogen-bond donors (Lipinski definition) is 2. The number of sulfonamides is 1. The topological polar surface area (TPSA) is 92.5 Å². The van der Waals surface area contributed by atoms with Gasteiger partial charge >= 0.3 is 0 Å². The Balaban J connectivity index is 2.33. The van der Waals surface area contributed by atoms with E-state index in [9.17, 15) is 13.2 Å². The lowest BCUT2D eigenvalue weighted by Gasteiger charge is -2.30. The lowest BCUT2D eigenvalue weighted by atomic mass is 9.96. The summed E-state index contributed by atoms with van der Waals surface area (Å²) in [4.78, 5) is 11.9. The van der Waals surface area contributed by atoms with Gasteiger partial charge in [0.05, 0.1) is 12.3 Å². The zero-order valence-corrected chi connectivity index (χ0v) is 13.4. The molecule has 0 saturated carbocycles. The van der Waals surface area contributed by atoms with Crippen molar-refractivity contribution >= 4 is 15.9 Å². The van der Waals surface area contributed by atoms with Crippen LogP contribution in [0.2, 0.25) is 0 Å². The van der Waals surface area contributed by atoms with Gasteiger partial charge in [0.25, 0.3) is 0 Å². The van der Waals surface area contributed by atoms with Gasteiger partial charge in [-0.15, -0.1) is 0 Å². The second-order valence-electron chi connectivity index (χ2n) is 5.76. The number of carbonyl (C=O) groups excluding carboxylic acids is 1. The monoisotopic (exact) mass is 305 g/mol. The van der Waals surface area contributed by atoms with Gasteiger partial charge in [0, 0.05) is 19.6 Å². The van der Waals surface area contributed by atoms with Crippen molar-refractivity contribution in [2.45, 2.75) is 39.2 Å². The normalized spacial score (nSPS) is 21.4. The van der Waals surface area contributed by atoms with Gasteiger partial charge in [-0.25, -0.2) is 12.7 Å². The average Bonchev–Trinajstić information content (AvgIpc) is 2.42. The van der Waals surface area contributed by atoms with E-state index in [-0.39, 0.29) is 11.8 Å². The summed E-state index contributed by atoms with van der Waals surface area (Å²) in [5, 5.41) is 2.89. The summed E-state index contributed by atoms with van der Waals surface area (Å²) in [6, 6.07) is -0.462. The molecule has 1 aliphatic rings. The van der Waals surface area contributed by atoms with Crippen LogP contribution < -0.4 is 11.1 Å². The smallest absolute Gasteiger partial charge is 0.237 e. The molecule has 1 amide bonds. The Morgan fingerprint density at radius 2 is 1.95 bits per heavy atom. The number of amides is 1. The van der Waals surface area contributed by atoms with Crippen molar-refractivity contribution < 1.29 is 13.2 Å². The Kier molecular flexibility index (Phi) is 6.42. The molecule has 0 aliphatic carbocycles. The fraction of sp³-hybridized carbons (Fsp3) is 0.923. The van der Waals surface area contributed by atoms with Crippen molar-refractivity contribution in [1.29, 1.82) is 0 Å². The van der Waals surface area contributed by atoms with Gasteiger partial charge in [0.1, 0.15) is 0 Å². The number of carbonyl (C=O) groups is 1. The van der Waals surface area contributed by atoms with E-state index in [2.05, 4.69) is 5.32 Å². The fourth-order valence-electron chi connectivity index (χ4n) is 2.32. The Bertz CT molecular complexity index is 417. The SMILES string of the molecule is CCC(C)C(N)C(=O)NCC1CCN(S(C)(=O)=O)CC1. The van der Waals surface area contributed by atoms with Crippen LogP contribution in [-0.4, -0.2) is 50.6 Å². The highest BCUT2D eigenvalue weighted by Crippen LogP contribution is 2.18. The maximum atomic E-state index is 11.9. The summed E-state index contributed by atoms with van der Waals surface area (Å²) >= 11 is 0. The van der Waals surface area contributed by atoms with Crippen LogP contribution in [0.5, 0.6) is 0 Å². The van der Waals surface area contributed by atoms with Gasteiger partial charge in [0.15, 0.2) is 0 Å². The number of piperidine rings is 1. The Morgan fingerprint density at radius 1 is 1.40 bits per heavy atom. The van der Waals surface area contributed by atoms with E-state index in [0.717, 1.165) is 19.3 Å². The molecule has 2 atom stereocenters. The minimum absolute atomic E-state index is 0.107. The first-order valence-electron chi connectivity index (χ1n) is 7.24. The second-order valence-corrected chi connectivity index (χ2v) is 7.74. The third kappa shape index (κ3) is 5.03. The van der Waals surface area contributed by atoms with E-state index in [4.69, 9.17) is 5.73 Å². The number of nitrogens with zero attached hydrogens (tertiary/aromatic N) is 1. The molecule has 2 unspecified atom stereocenters. The van der Waals surface area contributed by atoms with Crippen LogP contribution in [0.25, 0.3) is 0 Å². The molecule has 1 saturated heterocycles. The molecule has 1 aliphatic heterocycles. The van der Waals surface area contributed by atoms with Crippen molar-refractivity contribution in [3.63, 3.8) is 0 Å². The first-order valence-corrected chi connectivity index (χ1v) is 9.09. The quantitative estimate of drug-likeness (QED) is 0.730. The van der Waals surface area contributed by atoms with Crippen LogP contribution in [0.15, 0.2) is 0 Å². The first kappa shape index (κ1) is 17.4. The predicted octanol–water partition coefficient (Wildman–Crippen LogP) is 0.148. The molecule has 1 rings (SSSR count). The fourth-order valence-corrected chi connectivity index (χ4v) is 3.19. The molecular weight excluding hydrogens is 278 g/mol. The predicted molar refractivity (Wildman–Crippen MR) is 79.6 cm³/mol. The molecule has 3 N–H and O–H groups in total. The lowest BCUT2D eigenvalue weighted by molar-refractivity contribution is -0.123. The molecule has 1 heterocycles. The minimum Gasteiger partial charge on any atom is -0.354 e. The molecule has 0 bridgehead atoms. The summed E-state index contributed by atoms with van der Waals surface area (Å²) in [7, 11) is -3.08. The number of hydrogen-bond acceptors (Lipinski definition) is 4. The Morgan fingerprint density at radius 3 is 2.40 bits per heavy atom. The molecule has 6 nitrogen and oxygen atoms in total. The highest BCUT2D eigenvalue weighted by molar-refractivity contribution is 7.88. The molecule has 0 aromatic carbocycles. The summed E-state index contributed by atoms with van der Waals surface area (Å²) in [6.45, 7) is 5.64. The van der Waals surface area contributed by atoms with Gasteiger partial charge in [0.2, 0.25) is 15.9 Å². The Labute approximate surface area is 122 Å². The summed E-state index contributed by atoms with van der Waals surface area (Å²) in [6.07, 6.45) is 3.68. The van der Waals surface area contributed by atoms with Gasteiger partial charge in [-0.05, 0) is 24.7 Å². The third-order valence-corrected chi connectivity index (χ3v) is 5.47. The molecule has 0 radical (unpaired) electrons. The Hall–Kier alpha value is -0.660. The third-order valence-electron chi connectivity index (χ3n) is 4.17. The molecule has 0 aromatic heterocycles. The van der Waals surface area contributed by atoms with E-state index in [1.807, 2.05) is 13.8 Å². The maximum Gasteiger partial charge on any atom is 0.237 e. The molecular formula is C13H27N3O3S. The summed E-state index contributed by atoms with van der Waals surface area (Å²) < 4.78 is 24.3. The number of nitrogens with one attached hydrogen (secondary N) is 1. The van der Waals surface area contributed by atoms with E-state index in [1.54, 1.807) is 0 Å². The first-order chi connectivity index (χ1) is 9.25. The minimum atomic E-state index is -3.08. The van der Waals surface area contributed by atoms with Gasteiger partial charge < -0.3 is 11.1 Å². The van der Waals surface area contributed by atoms with E-state index in [1.165, 1.54) is 10.6 Å². The highest BCUT2D eigenvalue weighted by Gasteiger charge is 2.26. The van der Waals surface area contributed by atoms with Gasteiger partial charge in [-0.2, -0.15) is 0 Å². The molecule has 118 valence electrons. The van der Waals surface area contributed by atoms with Crippen molar-refractivity contribution in [1.82, 2.24) is 9.62 Å². The number of nitrogens with two attached hydrogens (primary N) is 1. The van der Waals surface area contributed by atoms with Crippen molar-refractivity contribution in [2.24, 2.45) is 17.6 Å². The van der Waals surface area contributed by atoms with Gasteiger partial charge in [-0.1, -0.05) is 20.3 Å².